The number of nitrogens with zero attached hydrogens (tertiary/aromatic N) is 3. The number of amides is 1. The predicted octanol–water partition coefficient (Wildman–Crippen LogP) is 2.50. The molecule has 1 saturated carbocycles. The molecule has 3 rings (SSSR count). The minimum Gasteiger partial charge on any atom is -0.488 e. The summed E-state index contributed by atoms with van der Waals surface area (Å²) >= 11 is 0. The van der Waals surface area contributed by atoms with E-state index >= 15 is 0 Å². The second-order valence-corrected chi connectivity index (χ2v) is 9.67. The number of nitrogens with two attached hydrogens (primary N) is 2. The van der Waals surface area contributed by atoms with Crippen LogP contribution in [-0.2, 0) is 11.2 Å². The van der Waals surface area contributed by atoms with Crippen LogP contribution in [-0.4, -0.2) is 58.3 Å². The number of rotatable bonds is 7. The summed E-state index contributed by atoms with van der Waals surface area (Å²) in [4.78, 5) is 22.8. The summed E-state index contributed by atoms with van der Waals surface area (Å²) in [5.74, 6) is 1.17. The van der Waals surface area contributed by atoms with Gasteiger partial charge in [0.15, 0.2) is 0 Å². The first-order valence-corrected chi connectivity index (χ1v) is 11.6. The molecule has 1 amide bonds. The first-order chi connectivity index (χ1) is 15.6. The lowest BCUT2D eigenvalue weighted by molar-refractivity contribution is -0.119. The molecule has 0 heterocycles. The van der Waals surface area contributed by atoms with E-state index in [-0.39, 0.29) is 30.0 Å². The SMILES string of the molecule is C=NC1=C(C(N)=NC)C(C)(C)Cc2c1ccc(OC1CCC(N)CC1)c2N(C)CC(=O)NC. The van der Waals surface area contributed by atoms with Gasteiger partial charge in [-0.25, -0.2) is 0 Å². The maximum absolute atomic E-state index is 12.3. The molecule has 0 saturated heterocycles. The molecule has 8 nitrogen and oxygen atoms in total. The van der Waals surface area contributed by atoms with Gasteiger partial charge in [-0.15, -0.1) is 0 Å². The molecule has 0 radical (unpaired) electrons. The van der Waals surface area contributed by atoms with E-state index in [0.717, 1.165) is 59.5 Å². The minimum absolute atomic E-state index is 0.0691. The maximum atomic E-state index is 12.3. The lowest BCUT2D eigenvalue weighted by atomic mass is 9.70. The summed E-state index contributed by atoms with van der Waals surface area (Å²) in [6.07, 6.45) is 4.58. The van der Waals surface area contributed by atoms with Crippen LogP contribution in [0.1, 0.15) is 50.7 Å². The van der Waals surface area contributed by atoms with Gasteiger partial charge >= 0.3 is 0 Å². The fourth-order valence-corrected chi connectivity index (χ4v) is 5.02. The van der Waals surface area contributed by atoms with Crippen LogP contribution in [0.25, 0.3) is 5.70 Å². The van der Waals surface area contributed by atoms with E-state index < -0.39 is 0 Å². The van der Waals surface area contributed by atoms with Crippen molar-refractivity contribution in [3.05, 3.63) is 28.8 Å². The molecule has 5 N–H and O–H groups in total. The van der Waals surface area contributed by atoms with Gasteiger partial charge in [0.25, 0.3) is 0 Å². The lowest BCUT2D eigenvalue weighted by Crippen LogP contribution is -2.37. The average Bonchev–Trinajstić information content (AvgIpc) is 2.78. The van der Waals surface area contributed by atoms with E-state index in [1.54, 1.807) is 14.1 Å². The Hall–Kier alpha value is -2.87. The van der Waals surface area contributed by atoms with Crippen molar-refractivity contribution in [1.82, 2.24) is 5.32 Å². The molecule has 0 atom stereocenters. The highest BCUT2D eigenvalue weighted by molar-refractivity contribution is 6.06. The van der Waals surface area contributed by atoms with Crippen LogP contribution in [0.2, 0.25) is 0 Å². The zero-order valence-electron chi connectivity index (χ0n) is 20.6. The van der Waals surface area contributed by atoms with Gasteiger partial charge in [-0.05, 0) is 61.9 Å². The molecule has 0 spiro atoms. The Morgan fingerprint density at radius 3 is 2.55 bits per heavy atom. The Balaban J connectivity index is 2.16. The summed E-state index contributed by atoms with van der Waals surface area (Å²) in [6.45, 7) is 8.31. The zero-order valence-corrected chi connectivity index (χ0v) is 20.6. The van der Waals surface area contributed by atoms with Crippen LogP contribution < -0.4 is 26.4 Å². The molecule has 0 aromatic heterocycles. The smallest absolute Gasteiger partial charge is 0.239 e. The highest BCUT2D eigenvalue weighted by Crippen LogP contribution is 2.49. The molecule has 0 bridgehead atoms. The van der Waals surface area contributed by atoms with Crippen LogP contribution in [0.15, 0.2) is 27.7 Å². The quantitative estimate of drug-likeness (QED) is 0.432. The van der Waals surface area contributed by atoms with Crippen LogP contribution in [0, 0.1) is 5.41 Å². The Bertz CT molecular complexity index is 973. The van der Waals surface area contributed by atoms with Gasteiger partial charge in [-0.2, -0.15) is 0 Å². The highest BCUT2D eigenvalue weighted by atomic mass is 16.5. The van der Waals surface area contributed by atoms with E-state index in [1.807, 2.05) is 24.1 Å². The predicted molar refractivity (Wildman–Crippen MR) is 136 cm³/mol. The van der Waals surface area contributed by atoms with Crippen molar-refractivity contribution < 1.29 is 9.53 Å². The number of ether oxygens (including phenoxy) is 1. The number of fused-ring (bicyclic) bond motifs is 1. The fraction of sp³-hybridized carbons (Fsp3) is 0.560. The third kappa shape index (κ3) is 5.05. The summed E-state index contributed by atoms with van der Waals surface area (Å²) in [5.41, 5.74) is 16.6. The van der Waals surface area contributed by atoms with E-state index in [2.05, 4.69) is 35.9 Å². The highest BCUT2D eigenvalue weighted by Gasteiger charge is 2.38. The zero-order chi connectivity index (χ0) is 24.3. The lowest BCUT2D eigenvalue weighted by Gasteiger charge is -2.38. The van der Waals surface area contributed by atoms with Gasteiger partial charge in [-0.1, -0.05) is 13.8 Å². The monoisotopic (exact) mass is 454 g/mol. The molecule has 1 fully saturated rings. The number of carbonyl (C=O) groups excluding carboxylic acids is 1. The first kappa shape index (κ1) is 24.8. The van der Waals surface area contributed by atoms with Gasteiger partial charge in [0, 0.05) is 38.3 Å². The van der Waals surface area contributed by atoms with Crippen molar-refractivity contribution in [3.8, 4) is 5.75 Å². The number of hydrogen-bond donors (Lipinski definition) is 3. The molecule has 0 unspecified atom stereocenters. The first-order valence-electron chi connectivity index (χ1n) is 11.6. The molecule has 180 valence electrons. The van der Waals surface area contributed by atoms with Crippen molar-refractivity contribution in [3.63, 3.8) is 0 Å². The van der Waals surface area contributed by atoms with E-state index in [9.17, 15) is 4.79 Å². The van der Waals surface area contributed by atoms with Gasteiger partial charge < -0.3 is 26.4 Å². The normalized spacial score (nSPS) is 22.4. The molecule has 2 aliphatic carbocycles. The second kappa shape index (κ2) is 9.95. The van der Waals surface area contributed by atoms with Crippen LogP contribution in [0.3, 0.4) is 0 Å². The van der Waals surface area contributed by atoms with Crippen molar-refractivity contribution in [2.24, 2.45) is 26.9 Å². The molecular formula is C25H38N6O2. The summed E-state index contributed by atoms with van der Waals surface area (Å²) < 4.78 is 6.53. The molecule has 2 aliphatic rings. The van der Waals surface area contributed by atoms with E-state index in [4.69, 9.17) is 16.2 Å². The number of anilines is 1. The second-order valence-electron chi connectivity index (χ2n) is 9.67. The number of carbonyl (C=O) groups is 1. The maximum Gasteiger partial charge on any atom is 0.239 e. The van der Waals surface area contributed by atoms with Crippen LogP contribution in [0.5, 0.6) is 5.75 Å². The summed E-state index contributed by atoms with van der Waals surface area (Å²) in [5, 5.41) is 2.71. The Labute approximate surface area is 197 Å². The minimum atomic E-state index is -0.327. The number of likely N-dealkylation sites (N-methyl/N-ethyl adjacent to an activating group) is 2. The summed E-state index contributed by atoms with van der Waals surface area (Å²) in [6, 6.07) is 4.25. The molecule has 0 aliphatic heterocycles. The molecule has 33 heavy (non-hydrogen) atoms. The molecule has 1 aromatic carbocycles. The Morgan fingerprint density at radius 2 is 1.97 bits per heavy atom. The largest absolute Gasteiger partial charge is 0.488 e. The summed E-state index contributed by atoms with van der Waals surface area (Å²) in [7, 11) is 5.25. The van der Waals surface area contributed by atoms with Crippen LogP contribution >= 0.6 is 0 Å². The molecule has 1 aromatic rings. The average molecular weight is 455 g/mol. The van der Waals surface area contributed by atoms with Crippen molar-refractivity contribution in [2.45, 2.75) is 58.1 Å². The Kier molecular flexibility index (Phi) is 7.47. The van der Waals surface area contributed by atoms with E-state index in [1.165, 1.54) is 0 Å². The number of benzene rings is 1. The number of nitrogens with one attached hydrogen (secondary N) is 1. The topological polar surface area (TPSA) is 118 Å². The standard InChI is InChI=1S/C25H38N6O2/c1-25(2)13-18-17(22(29-4)21(25)24(27)30-5)11-12-19(23(18)31(6)14-20(32)28-3)33-16-9-7-15(26)8-10-16/h11-12,15-16H,4,7-10,13-14,26H2,1-3,5-6H3,(H2,27,30)(H,28,32). The van der Waals surface area contributed by atoms with Crippen molar-refractivity contribution in [2.75, 3.05) is 32.6 Å². The van der Waals surface area contributed by atoms with Gasteiger partial charge in [0.05, 0.1) is 24.0 Å². The Morgan fingerprint density at radius 1 is 1.30 bits per heavy atom. The number of aliphatic imine (C=N–C) groups is 2. The van der Waals surface area contributed by atoms with Gasteiger partial charge in [-0.3, -0.25) is 14.8 Å². The molecular weight excluding hydrogens is 416 g/mol. The van der Waals surface area contributed by atoms with Crippen molar-refractivity contribution in [1.29, 1.82) is 0 Å². The van der Waals surface area contributed by atoms with Crippen LogP contribution in [0.4, 0.5) is 5.69 Å². The molecule has 8 heteroatoms. The third-order valence-electron chi connectivity index (χ3n) is 6.74. The number of hydrogen-bond acceptors (Lipinski definition) is 6. The number of amidine groups is 1. The fourth-order valence-electron chi connectivity index (χ4n) is 5.02. The third-order valence-corrected chi connectivity index (χ3v) is 6.74. The van der Waals surface area contributed by atoms with E-state index in [0.29, 0.717) is 12.3 Å². The van der Waals surface area contributed by atoms with Crippen molar-refractivity contribution >= 4 is 29.8 Å². The van der Waals surface area contributed by atoms with Gasteiger partial charge in [0.2, 0.25) is 5.91 Å². The van der Waals surface area contributed by atoms with Gasteiger partial charge in [0.1, 0.15) is 11.6 Å².